The zero-order chi connectivity index (χ0) is 30.8. The third kappa shape index (κ3) is 5.27. The smallest absolute Gasteiger partial charge is 0.433 e. The van der Waals surface area contributed by atoms with Crippen molar-refractivity contribution < 1.29 is 37.7 Å². The number of carbonyl (C=O) groups excluding carboxylic acids is 1. The number of fused-ring (bicyclic) bond motifs is 1. The minimum atomic E-state index is -4.88. The highest BCUT2D eigenvalue weighted by molar-refractivity contribution is 6.31. The van der Waals surface area contributed by atoms with E-state index in [0.29, 0.717) is 30.4 Å². The molecule has 4 atom stereocenters. The number of aromatic nitrogens is 2. The van der Waals surface area contributed by atoms with Crippen molar-refractivity contribution in [2.45, 2.75) is 83.7 Å². The zero-order valence-corrected chi connectivity index (χ0v) is 24.9. The lowest BCUT2D eigenvalue weighted by Crippen LogP contribution is -2.43. The molecule has 1 aromatic carbocycles. The molecule has 0 spiro atoms. The van der Waals surface area contributed by atoms with E-state index in [4.69, 9.17) is 16.3 Å². The molecule has 1 amide bonds. The van der Waals surface area contributed by atoms with E-state index in [2.05, 4.69) is 18.9 Å². The summed E-state index contributed by atoms with van der Waals surface area (Å²) in [4.78, 5) is 27.1. The summed E-state index contributed by atoms with van der Waals surface area (Å²) in [6, 6.07) is 3.80. The molecule has 0 radical (unpaired) electrons. The molecule has 12 heteroatoms. The predicted molar refractivity (Wildman–Crippen MR) is 148 cm³/mol. The Kier molecular flexibility index (Phi) is 7.83. The molecule has 3 aliphatic rings. The third-order valence-electron chi connectivity index (χ3n) is 10.2. The Bertz CT molecular complexity index is 1350. The molecule has 42 heavy (non-hydrogen) atoms. The van der Waals surface area contributed by atoms with Crippen LogP contribution in [0.1, 0.15) is 93.1 Å². The van der Waals surface area contributed by atoms with Gasteiger partial charge in [0.25, 0.3) is 5.91 Å². The molecule has 2 aromatic rings. The molecule has 2 unspecified atom stereocenters. The number of carbonyl (C=O) groups is 2. The molecule has 5 rings (SSSR count). The second-order valence-electron chi connectivity index (χ2n) is 12.9. The van der Waals surface area contributed by atoms with Gasteiger partial charge < -0.3 is 19.8 Å². The van der Waals surface area contributed by atoms with Crippen LogP contribution in [0.15, 0.2) is 24.4 Å². The van der Waals surface area contributed by atoms with E-state index in [1.165, 1.54) is 12.0 Å². The van der Waals surface area contributed by atoms with E-state index in [-0.39, 0.29) is 54.3 Å². The lowest BCUT2D eigenvalue weighted by Gasteiger charge is -2.35. The van der Waals surface area contributed by atoms with Crippen LogP contribution in [-0.2, 0) is 11.0 Å². The van der Waals surface area contributed by atoms with Crippen LogP contribution in [0.5, 0.6) is 5.75 Å². The van der Waals surface area contributed by atoms with Crippen LogP contribution in [0.4, 0.5) is 13.2 Å². The number of carboxylic acid groups (broad SMARTS) is 1. The number of hydrogen-bond acceptors (Lipinski definition) is 5. The third-order valence-corrected chi connectivity index (χ3v) is 10.5. The highest BCUT2D eigenvalue weighted by Crippen LogP contribution is 2.67. The standard InChI is InChI=1S/C30H37ClF3N3O5/c1-28(2)19-12-17(13-20(19)28)36(15-22(38)24-21(31)6-5-7-23(24)42-4)26(39)18-14-35-37(25(18)30(32,33)34)16-8-10-29(3,11-9-16)27(40)41/h5-7,14,16-17,19-20,22,38H,8-13,15H2,1-4H3,(H,40,41)/t16?,17?,19-,20+,22?,29?. The van der Waals surface area contributed by atoms with Gasteiger partial charge in [-0.25, -0.2) is 0 Å². The van der Waals surface area contributed by atoms with Gasteiger partial charge in [0.1, 0.15) is 11.9 Å². The maximum atomic E-state index is 14.6. The number of rotatable bonds is 8. The average Bonchev–Trinajstić information content (AvgIpc) is 3.35. The summed E-state index contributed by atoms with van der Waals surface area (Å²) in [5, 5.41) is 25.1. The van der Waals surface area contributed by atoms with E-state index in [1.807, 2.05) is 0 Å². The quantitative estimate of drug-likeness (QED) is 0.359. The van der Waals surface area contributed by atoms with E-state index < -0.39 is 46.9 Å². The summed E-state index contributed by atoms with van der Waals surface area (Å²) >= 11 is 6.38. The van der Waals surface area contributed by atoms with Crippen LogP contribution >= 0.6 is 11.6 Å². The molecule has 2 N–H and O–H groups in total. The van der Waals surface area contributed by atoms with Gasteiger partial charge in [0.2, 0.25) is 0 Å². The fraction of sp³-hybridized carbons (Fsp3) is 0.633. The van der Waals surface area contributed by atoms with Crippen molar-refractivity contribution in [3.63, 3.8) is 0 Å². The van der Waals surface area contributed by atoms with Gasteiger partial charge >= 0.3 is 12.1 Å². The Hall–Kier alpha value is -2.79. The number of methoxy groups -OCH3 is 1. The Morgan fingerprint density at radius 1 is 1.19 bits per heavy atom. The van der Waals surface area contributed by atoms with Gasteiger partial charge in [-0.1, -0.05) is 31.5 Å². The summed E-state index contributed by atoms with van der Waals surface area (Å²) in [6.07, 6.45) is -3.19. The van der Waals surface area contributed by atoms with Crippen LogP contribution in [-0.4, -0.2) is 56.5 Å². The first kappa shape index (κ1) is 30.7. The molecule has 1 heterocycles. The van der Waals surface area contributed by atoms with Crippen LogP contribution in [0.25, 0.3) is 0 Å². The Morgan fingerprint density at radius 2 is 1.81 bits per heavy atom. The first-order valence-electron chi connectivity index (χ1n) is 14.3. The van der Waals surface area contributed by atoms with Crippen molar-refractivity contribution in [2.24, 2.45) is 22.7 Å². The number of benzene rings is 1. The Morgan fingerprint density at radius 3 is 2.36 bits per heavy atom. The highest BCUT2D eigenvalue weighted by Gasteiger charge is 2.63. The molecule has 3 saturated carbocycles. The number of carboxylic acids is 1. The van der Waals surface area contributed by atoms with Crippen molar-refractivity contribution in [1.82, 2.24) is 14.7 Å². The normalized spacial score (nSPS) is 29.1. The molecule has 0 bridgehead atoms. The Labute approximate surface area is 247 Å². The van der Waals surface area contributed by atoms with Gasteiger partial charge in [0.05, 0.1) is 41.9 Å². The first-order valence-corrected chi connectivity index (χ1v) is 14.7. The summed E-state index contributed by atoms with van der Waals surface area (Å²) in [7, 11) is 1.42. The Balaban J connectivity index is 1.48. The van der Waals surface area contributed by atoms with Gasteiger partial charge in [-0.05, 0) is 74.8 Å². The topological polar surface area (TPSA) is 105 Å². The minimum absolute atomic E-state index is 0.114. The van der Waals surface area contributed by atoms with Gasteiger partial charge in [0, 0.05) is 11.6 Å². The zero-order valence-electron chi connectivity index (χ0n) is 24.1. The predicted octanol–water partition coefficient (Wildman–Crippen LogP) is 6.38. The second kappa shape index (κ2) is 10.7. The molecule has 0 saturated heterocycles. The maximum Gasteiger partial charge on any atom is 0.433 e. The SMILES string of the molecule is COc1cccc(Cl)c1C(O)CN(C(=O)c1cnn(C2CCC(C)(C(=O)O)CC2)c1C(F)(F)F)C1C[C@@H]2[C@H](C1)C2(C)C. The number of aliphatic hydroxyl groups excluding tert-OH is 1. The number of nitrogens with zero attached hydrogens (tertiary/aromatic N) is 3. The monoisotopic (exact) mass is 611 g/mol. The second-order valence-corrected chi connectivity index (χ2v) is 13.3. The molecular weight excluding hydrogens is 575 g/mol. The largest absolute Gasteiger partial charge is 0.496 e. The van der Waals surface area contributed by atoms with E-state index in [0.717, 1.165) is 10.9 Å². The molecule has 3 fully saturated rings. The van der Waals surface area contributed by atoms with Crippen molar-refractivity contribution in [2.75, 3.05) is 13.7 Å². The average molecular weight is 612 g/mol. The maximum absolute atomic E-state index is 14.6. The van der Waals surface area contributed by atoms with Crippen LogP contribution in [0.3, 0.4) is 0 Å². The van der Waals surface area contributed by atoms with Crippen LogP contribution < -0.4 is 4.74 Å². The molecular formula is C30H37ClF3N3O5. The minimum Gasteiger partial charge on any atom is -0.496 e. The highest BCUT2D eigenvalue weighted by atomic mass is 35.5. The number of hydrogen-bond donors (Lipinski definition) is 2. The molecule has 8 nitrogen and oxygen atoms in total. The van der Waals surface area contributed by atoms with Crippen molar-refractivity contribution >= 4 is 23.5 Å². The lowest BCUT2D eigenvalue weighted by atomic mass is 9.74. The summed E-state index contributed by atoms with van der Waals surface area (Å²) in [5.41, 5.74) is -2.35. The summed E-state index contributed by atoms with van der Waals surface area (Å²) in [6.45, 7) is 5.63. The van der Waals surface area contributed by atoms with Crippen molar-refractivity contribution in [3.8, 4) is 5.75 Å². The molecule has 0 aliphatic heterocycles. The molecule has 1 aromatic heterocycles. The fourth-order valence-electron chi connectivity index (χ4n) is 7.36. The van der Waals surface area contributed by atoms with Gasteiger partial charge in [-0.3, -0.25) is 14.3 Å². The number of amides is 1. The number of alkyl halides is 3. The van der Waals surface area contributed by atoms with E-state index in [9.17, 15) is 33.0 Å². The number of aliphatic hydroxyl groups is 1. The van der Waals surface area contributed by atoms with Gasteiger partial charge in [-0.2, -0.15) is 18.3 Å². The summed E-state index contributed by atoms with van der Waals surface area (Å²) in [5.74, 6) is -0.822. The van der Waals surface area contributed by atoms with Crippen LogP contribution in [0, 0.1) is 22.7 Å². The lowest BCUT2D eigenvalue weighted by molar-refractivity contribution is -0.152. The number of halogens is 4. The number of aliphatic carboxylic acids is 1. The first-order chi connectivity index (χ1) is 19.6. The molecule has 3 aliphatic carbocycles. The van der Waals surface area contributed by atoms with Gasteiger partial charge in [0.15, 0.2) is 5.69 Å². The van der Waals surface area contributed by atoms with Crippen LogP contribution in [0.2, 0.25) is 5.02 Å². The summed E-state index contributed by atoms with van der Waals surface area (Å²) < 4.78 is 50.1. The fourth-order valence-corrected chi connectivity index (χ4v) is 7.65. The van der Waals surface area contributed by atoms with Gasteiger partial charge in [-0.15, -0.1) is 0 Å². The van der Waals surface area contributed by atoms with E-state index >= 15 is 0 Å². The molecule has 230 valence electrons. The van der Waals surface area contributed by atoms with Crippen molar-refractivity contribution in [3.05, 3.63) is 46.2 Å². The van der Waals surface area contributed by atoms with E-state index in [1.54, 1.807) is 25.1 Å². The number of ether oxygens (including phenoxy) is 1. The van der Waals surface area contributed by atoms with Crippen molar-refractivity contribution in [1.29, 1.82) is 0 Å².